The summed E-state index contributed by atoms with van der Waals surface area (Å²) in [5.74, 6) is 7.09. The molecule has 1 aromatic heterocycles. The van der Waals surface area contributed by atoms with Crippen LogP contribution in [-0.4, -0.2) is 7.11 Å². The number of methoxy groups -OCH3 is 1. The van der Waals surface area contributed by atoms with Crippen LogP contribution >= 0.6 is 11.3 Å². The molecule has 1 heterocycles. The first-order valence-corrected chi connectivity index (χ1v) is 5.93. The molecule has 0 fully saturated rings. The Hall–Kier alpha value is -1.72. The number of aryl methyl sites for hydroxylation is 1. The van der Waals surface area contributed by atoms with E-state index in [1.165, 1.54) is 5.56 Å². The molecule has 0 bridgehead atoms. The van der Waals surface area contributed by atoms with Crippen molar-refractivity contribution in [3.05, 3.63) is 51.7 Å². The third-order valence-electron chi connectivity index (χ3n) is 2.22. The normalized spacial score (nSPS) is 9.38. The topological polar surface area (TPSA) is 9.23 Å². The van der Waals surface area contributed by atoms with Crippen molar-refractivity contribution in [1.29, 1.82) is 0 Å². The van der Waals surface area contributed by atoms with Gasteiger partial charge in [-0.25, -0.2) is 0 Å². The van der Waals surface area contributed by atoms with Gasteiger partial charge in [0, 0.05) is 10.9 Å². The Balaban J connectivity index is 2.36. The van der Waals surface area contributed by atoms with Gasteiger partial charge in [-0.2, -0.15) is 11.3 Å². The first-order chi connectivity index (χ1) is 7.79. The van der Waals surface area contributed by atoms with Gasteiger partial charge >= 0.3 is 0 Å². The van der Waals surface area contributed by atoms with Gasteiger partial charge in [-0.1, -0.05) is 17.9 Å². The van der Waals surface area contributed by atoms with Gasteiger partial charge in [0.05, 0.1) is 12.7 Å². The lowest BCUT2D eigenvalue weighted by molar-refractivity contribution is 0.413. The fourth-order valence-electron chi connectivity index (χ4n) is 1.39. The molecule has 0 saturated heterocycles. The lowest BCUT2D eigenvalue weighted by atomic mass is 10.1. The Bertz CT molecular complexity index is 530. The molecule has 0 aliphatic rings. The van der Waals surface area contributed by atoms with Crippen molar-refractivity contribution in [2.75, 3.05) is 7.11 Å². The molecule has 0 spiro atoms. The molecule has 0 aliphatic heterocycles. The van der Waals surface area contributed by atoms with Gasteiger partial charge in [-0.15, -0.1) is 0 Å². The molecule has 0 aliphatic carbocycles. The van der Waals surface area contributed by atoms with Gasteiger partial charge in [-0.05, 0) is 36.1 Å². The number of ether oxygens (including phenoxy) is 1. The van der Waals surface area contributed by atoms with Gasteiger partial charge in [0.15, 0.2) is 0 Å². The second-order valence-corrected chi connectivity index (χ2v) is 4.25. The lowest BCUT2D eigenvalue weighted by Crippen LogP contribution is -1.88. The molecular formula is C14H12OS. The summed E-state index contributed by atoms with van der Waals surface area (Å²) >= 11 is 1.65. The highest BCUT2D eigenvalue weighted by atomic mass is 32.1. The van der Waals surface area contributed by atoms with Crippen molar-refractivity contribution in [2.24, 2.45) is 0 Å². The molecule has 0 radical (unpaired) electrons. The number of benzene rings is 1. The second-order valence-electron chi connectivity index (χ2n) is 3.47. The molecular weight excluding hydrogens is 216 g/mol. The standard InChI is InChI=1S/C14H12OS/c1-11-3-6-14(15-2)13(9-11)5-4-12-7-8-16-10-12/h3,6-10H,1-2H3. The minimum atomic E-state index is 0.827. The van der Waals surface area contributed by atoms with Gasteiger partial charge in [0.2, 0.25) is 0 Å². The zero-order valence-electron chi connectivity index (χ0n) is 9.28. The van der Waals surface area contributed by atoms with Gasteiger partial charge in [0.1, 0.15) is 5.75 Å². The maximum absolute atomic E-state index is 5.27. The van der Waals surface area contributed by atoms with E-state index < -0.39 is 0 Å². The molecule has 80 valence electrons. The molecule has 1 nitrogen and oxygen atoms in total. The maximum Gasteiger partial charge on any atom is 0.134 e. The quantitative estimate of drug-likeness (QED) is 0.679. The molecule has 0 N–H and O–H groups in total. The van der Waals surface area contributed by atoms with Crippen LogP contribution < -0.4 is 4.74 Å². The summed E-state index contributed by atoms with van der Waals surface area (Å²) in [5, 5.41) is 4.06. The zero-order valence-corrected chi connectivity index (χ0v) is 10.1. The minimum Gasteiger partial charge on any atom is -0.495 e. The Morgan fingerprint density at radius 2 is 2.06 bits per heavy atom. The predicted molar refractivity (Wildman–Crippen MR) is 68.0 cm³/mol. The summed E-state index contributed by atoms with van der Waals surface area (Å²) in [7, 11) is 1.67. The lowest BCUT2D eigenvalue weighted by Gasteiger charge is -2.03. The molecule has 16 heavy (non-hydrogen) atoms. The van der Waals surface area contributed by atoms with Crippen molar-refractivity contribution >= 4 is 11.3 Å². The fourth-order valence-corrected chi connectivity index (χ4v) is 1.98. The first kappa shape index (κ1) is 10.8. The maximum atomic E-state index is 5.27. The zero-order chi connectivity index (χ0) is 11.4. The van der Waals surface area contributed by atoms with E-state index in [1.54, 1.807) is 18.4 Å². The molecule has 0 unspecified atom stereocenters. The summed E-state index contributed by atoms with van der Waals surface area (Å²) in [4.78, 5) is 0. The van der Waals surface area contributed by atoms with Crippen LogP contribution in [0, 0.1) is 18.8 Å². The summed E-state index contributed by atoms with van der Waals surface area (Å²) in [6, 6.07) is 8.03. The third kappa shape index (κ3) is 2.44. The average molecular weight is 228 g/mol. The Kier molecular flexibility index (Phi) is 3.28. The molecule has 2 heteroatoms. The van der Waals surface area contributed by atoms with Crippen LogP contribution in [0.2, 0.25) is 0 Å². The van der Waals surface area contributed by atoms with E-state index in [-0.39, 0.29) is 0 Å². The van der Waals surface area contributed by atoms with Crippen LogP contribution in [0.4, 0.5) is 0 Å². The minimum absolute atomic E-state index is 0.827. The van der Waals surface area contributed by atoms with E-state index in [1.807, 2.05) is 35.0 Å². The van der Waals surface area contributed by atoms with Crippen molar-refractivity contribution in [1.82, 2.24) is 0 Å². The monoisotopic (exact) mass is 228 g/mol. The number of thiophene rings is 1. The average Bonchev–Trinajstić information content (AvgIpc) is 2.79. The SMILES string of the molecule is COc1ccc(C)cc1C#Cc1ccsc1. The smallest absolute Gasteiger partial charge is 0.134 e. The summed E-state index contributed by atoms with van der Waals surface area (Å²) < 4.78 is 5.27. The van der Waals surface area contributed by atoms with E-state index in [2.05, 4.69) is 18.8 Å². The molecule has 0 amide bonds. The van der Waals surface area contributed by atoms with Crippen molar-refractivity contribution < 1.29 is 4.74 Å². The fraction of sp³-hybridized carbons (Fsp3) is 0.143. The van der Waals surface area contributed by atoms with E-state index in [9.17, 15) is 0 Å². The van der Waals surface area contributed by atoms with Crippen LogP contribution in [-0.2, 0) is 0 Å². The number of hydrogen-bond donors (Lipinski definition) is 0. The largest absolute Gasteiger partial charge is 0.495 e. The highest BCUT2D eigenvalue weighted by molar-refractivity contribution is 7.08. The molecule has 0 saturated carbocycles. The van der Waals surface area contributed by atoms with Crippen molar-refractivity contribution in [2.45, 2.75) is 6.92 Å². The van der Waals surface area contributed by atoms with Crippen molar-refractivity contribution in [3.8, 4) is 17.6 Å². The van der Waals surface area contributed by atoms with Crippen LogP contribution in [0.5, 0.6) is 5.75 Å². The van der Waals surface area contributed by atoms with Crippen LogP contribution in [0.15, 0.2) is 35.0 Å². The third-order valence-corrected chi connectivity index (χ3v) is 2.90. The molecule has 2 rings (SSSR count). The van der Waals surface area contributed by atoms with Gasteiger partial charge < -0.3 is 4.74 Å². The van der Waals surface area contributed by atoms with Crippen molar-refractivity contribution in [3.63, 3.8) is 0 Å². The van der Waals surface area contributed by atoms with Gasteiger partial charge in [-0.3, -0.25) is 0 Å². The number of hydrogen-bond acceptors (Lipinski definition) is 2. The van der Waals surface area contributed by atoms with E-state index in [0.717, 1.165) is 16.9 Å². The summed E-state index contributed by atoms with van der Waals surface area (Å²) in [6.45, 7) is 2.05. The highest BCUT2D eigenvalue weighted by Crippen LogP contribution is 2.18. The Labute approximate surface area is 99.7 Å². The Morgan fingerprint density at radius 3 is 2.75 bits per heavy atom. The van der Waals surface area contributed by atoms with Crippen LogP contribution in [0.3, 0.4) is 0 Å². The molecule has 2 aromatic rings. The van der Waals surface area contributed by atoms with Gasteiger partial charge in [0.25, 0.3) is 0 Å². The van der Waals surface area contributed by atoms with Crippen LogP contribution in [0.1, 0.15) is 16.7 Å². The highest BCUT2D eigenvalue weighted by Gasteiger charge is 1.99. The summed E-state index contributed by atoms with van der Waals surface area (Å²) in [6.07, 6.45) is 0. The molecule has 0 atom stereocenters. The Morgan fingerprint density at radius 1 is 1.19 bits per heavy atom. The summed E-state index contributed by atoms with van der Waals surface area (Å²) in [5.41, 5.74) is 3.18. The first-order valence-electron chi connectivity index (χ1n) is 4.98. The predicted octanol–water partition coefficient (Wildman–Crippen LogP) is 3.46. The molecule has 1 aromatic carbocycles. The number of rotatable bonds is 1. The van der Waals surface area contributed by atoms with E-state index >= 15 is 0 Å². The van der Waals surface area contributed by atoms with E-state index in [4.69, 9.17) is 4.74 Å². The second kappa shape index (κ2) is 4.87. The van der Waals surface area contributed by atoms with E-state index in [0.29, 0.717) is 0 Å². The van der Waals surface area contributed by atoms with Crippen LogP contribution in [0.25, 0.3) is 0 Å².